The molecule has 0 aromatic heterocycles. The molecule has 7 heteroatoms. The van der Waals surface area contributed by atoms with Gasteiger partial charge in [-0.15, -0.1) is 0 Å². The molecule has 0 saturated carbocycles. The van der Waals surface area contributed by atoms with Crippen LogP contribution in [0.15, 0.2) is 41.3 Å². The van der Waals surface area contributed by atoms with Crippen molar-refractivity contribution in [2.45, 2.75) is 6.42 Å². The summed E-state index contributed by atoms with van der Waals surface area (Å²) < 4.78 is 5.88. The quantitative estimate of drug-likeness (QED) is 0.742. The first-order chi connectivity index (χ1) is 12.2. The maximum atomic E-state index is 6.51. The molecule has 0 saturated heterocycles. The predicted molar refractivity (Wildman–Crippen MR) is 100 cm³/mol. The van der Waals surface area contributed by atoms with Crippen LogP contribution in [0.25, 0.3) is 5.57 Å². The van der Waals surface area contributed by atoms with Crippen molar-refractivity contribution in [3.05, 3.63) is 46.9 Å². The molecule has 0 amide bonds. The molecule has 25 heavy (non-hydrogen) atoms. The minimum atomic E-state index is 0.632. The Bertz CT molecular complexity index is 758. The van der Waals surface area contributed by atoms with E-state index in [-0.39, 0.29) is 0 Å². The zero-order valence-electron chi connectivity index (χ0n) is 14.3. The first kappa shape index (κ1) is 16.4. The van der Waals surface area contributed by atoms with Gasteiger partial charge in [0.1, 0.15) is 24.0 Å². The van der Waals surface area contributed by atoms with Crippen molar-refractivity contribution in [2.75, 3.05) is 39.8 Å². The van der Waals surface area contributed by atoms with E-state index in [1.165, 1.54) is 0 Å². The minimum Gasteiger partial charge on any atom is -0.492 e. The third-order valence-corrected chi connectivity index (χ3v) is 4.82. The van der Waals surface area contributed by atoms with Crippen LogP contribution in [0.2, 0.25) is 5.02 Å². The van der Waals surface area contributed by atoms with E-state index in [1.54, 1.807) is 0 Å². The molecular weight excluding hydrogens is 338 g/mol. The standard InChI is InChI=1S/C18H22ClN5O/c1-23-12-15-14-11-13(3-4-16(14)19)25-10-8-20-6-2-7-21-17-5-9-24(23)18(15)22-17/h3-5,9,11,20H,2,6-8,10,12H2,1H3,(H,21,22). The minimum absolute atomic E-state index is 0.632. The monoisotopic (exact) mass is 359 g/mol. The van der Waals surface area contributed by atoms with Crippen molar-refractivity contribution in [3.63, 3.8) is 0 Å². The topological polar surface area (TPSA) is 52.1 Å². The van der Waals surface area contributed by atoms with Gasteiger partial charge < -0.3 is 15.4 Å². The fraction of sp³-hybridized carbons (Fsp3) is 0.389. The maximum Gasteiger partial charge on any atom is 0.131 e. The maximum absolute atomic E-state index is 6.51. The SMILES string of the molecule is CN1CC2=C3NC(=NCCCNCCOc4ccc(Cl)c2c4)C=CN31. The van der Waals surface area contributed by atoms with Crippen LogP contribution in [-0.2, 0) is 0 Å². The summed E-state index contributed by atoms with van der Waals surface area (Å²) >= 11 is 6.51. The summed E-state index contributed by atoms with van der Waals surface area (Å²) in [6, 6.07) is 5.85. The number of ether oxygens (including phenoxy) is 1. The van der Waals surface area contributed by atoms with E-state index in [0.29, 0.717) is 6.61 Å². The summed E-state index contributed by atoms with van der Waals surface area (Å²) in [5.74, 6) is 2.73. The first-order valence-electron chi connectivity index (χ1n) is 8.59. The Hall–Kier alpha value is -2.02. The van der Waals surface area contributed by atoms with E-state index in [9.17, 15) is 0 Å². The summed E-state index contributed by atoms with van der Waals surface area (Å²) in [4.78, 5) is 4.67. The lowest BCUT2D eigenvalue weighted by atomic mass is 10.1. The Morgan fingerprint density at radius 3 is 3.12 bits per heavy atom. The molecule has 0 radical (unpaired) electrons. The number of likely N-dealkylation sites (N-methyl/N-ethyl adjacent to an activating group) is 1. The normalized spacial score (nSPS) is 21.2. The zero-order valence-corrected chi connectivity index (χ0v) is 15.0. The Labute approximate surface area is 152 Å². The molecule has 4 bridgehead atoms. The average molecular weight is 360 g/mol. The van der Waals surface area contributed by atoms with Crippen LogP contribution in [0.4, 0.5) is 0 Å². The Morgan fingerprint density at radius 1 is 1.28 bits per heavy atom. The number of aliphatic imine (C=N–C) groups is 1. The predicted octanol–water partition coefficient (Wildman–Crippen LogP) is 2.06. The van der Waals surface area contributed by atoms with Gasteiger partial charge in [-0.25, -0.2) is 5.01 Å². The van der Waals surface area contributed by atoms with Crippen molar-refractivity contribution >= 4 is 23.0 Å². The van der Waals surface area contributed by atoms with Gasteiger partial charge in [0, 0.05) is 49.0 Å². The van der Waals surface area contributed by atoms with E-state index < -0.39 is 0 Å². The average Bonchev–Trinajstić information content (AvgIpc) is 2.94. The van der Waals surface area contributed by atoms with Crippen LogP contribution in [0.1, 0.15) is 12.0 Å². The second-order valence-corrected chi connectivity index (χ2v) is 6.70. The summed E-state index contributed by atoms with van der Waals surface area (Å²) in [5.41, 5.74) is 2.14. The molecule has 132 valence electrons. The van der Waals surface area contributed by atoms with E-state index in [2.05, 4.69) is 32.7 Å². The highest BCUT2D eigenvalue weighted by atomic mass is 35.5. The molecule has 0 spiro atoms. The lowest BCUT2D eigenvalue weighted by Crippen LogP contribution is -2.39. The van der Waals surface area contributed by atoms with Crippen molar-refractivity contribution < 1.29 is 4.74 Å². The van der Waals surface area contributed by atoms with Crippen molar-refractivity contribution in [3.8, 4) is 5.75 Å². The van der Waals surface area contributed by atoms with Crippen LogP contribution in [0, 0.1) is 0 Å². The van der Waals surface area contributed by atoms with Crippen LogP contribution >= 0.6 is 11.6 Å². The van der Waals surface area contributed by atoms with E-state index in [4.69, 9.17) is 16.3 Å². The number of rotatable bonds is 0. The number of hydrazine groups is 1. The lowest BCUT2D eigenvalue weighted by molar-refractivity contribution is 0.122. The van der Waals surface area contributed by atoms with Gasteiger partial charge in [-0.1, -0.05) is 11.6 Å². The largest absolute Gasteiger partial charge is 0.492 e. The van der Waals surface area contributed by atoms with Crippen molar-refractivity contribution in [1.29, 1.82) is 0 Å². The Balaban J connectivity index is 1.77. The van der Waals surface area contributed by atoms with Gasteiger partial charge in [-0.2, -0.15) is 0 Å². The molecule has 3 heterocycles. The van der Waals surface area contributed by atoms with Gasteiger partial charge in [0.25, 0.3) is 0 Å². The highest BCUT2D eigenvalue weighted by molar-refractivity contribution is 6.32. The second kappa shape index (κ2) is 7.07. The van der Waals surface area contributed by atoms with Crippen LogP contribution in [0.3, 0.4) is 0 Å². The van der Waals surface area contributed by atoms with Gasteiger partial charge in [0.15, 0.2) is 0 Å². The molecule has 0 unspecified atom stereocenters. The number of halogens is 1. The van der Waals surface area contributed by atoms with Gasteiger partial charge in [0.2, 0.25) is 0 Å². The van der Waals surface area contributed by atoms with Gasteiger partial charge in [-0.3, -0.25) is 10.0 Å². The third-order valence-electron chi connectivity index (χ3n) is 4.49. The molecule has 2 N–H and O–H groups in total. The van der Waals surface area contributed by atoms with Crippen LogP contribution < -0.4 is 15.4 Å². The van der Waals surface area contributed by atoms with Crippen LogP contribution in [-0.4, -0.2) is 55.7 Å². The van der Waals surface area contributed by atoms with E-state index >= 15 is 0 Å². The smallest absolute Gasteiger partial charge is 0.131 e. The van der Waals surface area contributed by atoms with Gasteiger partial charge >= 0.3 is 0 Å². The molecule has 4 rings (SSSR count). The number of benzene rings is 1. The van der Waals surface area contributed by atoms with Crippen LogP contribution in [0.5, 0.6) is 5.75 Å². The highest BCUT2D eigenvalue weighted by Crippen LogP contribution is 2.35. The number of nitrogens with one attached hydrogen (secondary N) is 2. The summed E-state index contributed by atoms with van der Waals surface area (Å²) in [7, 11) is 2.05. The number of amidine groups is 1. The third kappa shape index (κ3) is 3.38. The second-order valence-electron chi connectivity index (χ2n) is 6.29. The fourth-order valence-corrected chi connectivity index (χ4v) is 3.45. The number of hydrogen-bond donors (Lipinski definition) is 2. The van der Waals surface area contributed by atoms with E-state index in [1.807, 2.05) is 30.5 Å². The van der Waals surface area contributed by atoms with Gasteiger partial charge in [0.05, 0.1) is 0 Å². The molecule has 0 aliphatic carbocycles. The molecule has 6 nitrogen and oxygen atoms in total. The molecular formula is C18H22ClN5O. The fourth-order valence-electron chi connectivity index (χ4n) is 3.21. The van der Waals surface area contributed by atoms with Gasteiger partial charge in [-0.05, 0) is 37.2 Å². The molecule has 1 aromatic rings. The van der Waals surface area contributed by atoms with Crippen molar-refractivity contribution in [2.24, 2.45) is 4.99 Å². The molecule has 0 atom stereocenters. The molecule has 3 aliphatic rings. The zero-order chi connectivity index (χ0) is 17.2. The number of fused-ring (bicyclic) bond motifs is 4. The lowest BCUT2D eigenvalue weighted by Gasteiger charge is -2.29. The summed E-state index contributed by atoms with van der Waals surface area (Å²) in [6.07, 6.45) is 5.05. The molecule has 1 aromatic carbocycles. The van der Waals surface area contributed by atoms with Crippen molar-refractivity contribution in [1.82, 2.24) is 20.7 Å². The molecule has 3 aliphatic heterocycles. The van der Waals surface area contributed by atoms with E-state index in [0.717, 1.165) is 66.2 Å². The highest BCUT2D eigenvalue weighted by Gasteiger charge is 2.30. The number of hydrogen-bond acceptors (Lipinski definition) is 6. The first-order valence-corrected chi connectivity index (χ1v) is 8.97. The summed E-state index contributed by atoms with van der Waals surface area (Å²) in [5, 5.41) is 11.8. The Kier molecular flexibility index (Phi) is 4.65. The summed E-state index contributed by atoms with van der Waals surface area (Å²) in [6.45, 7) is 3.93. The number of nitrogens with zero attached hydrogens (tertiary/aromatic N) is 3. The molecule has 0 fully saturated rings. The Morgan fingerprint density at radius 2 is 2.20 bits per heavy atom.